The quantitative estimate of drug-likeness (QED) is 0.264. The normalized spacial score (nSPS) is 38.0. The molecule has 12 nitrogen and oxygen atoms in total. The summed E-state index contributed by atoms with van der Waals surface area (Å²) in [5.74, 6) is -3.33. The van der Waals surface area contributed by atoms with E-state index in [1.165, 1.54) is 6.92 Å². The number of rotatable bonds is 10. The summed E-state index contributed by atoms with van der Waals surface area (Å²) in [7, 11) is 0. The van der Waals surface area contributed by atoms with Gasteiger partial charge in [0.25, 0.3) is 0 Å². The van der Waals surface area contributed by atoms with Crippen molar-refractivity contribution in [3.05, 3.63) is 0 Å². The summed E-state index contributed by atoms with van der Waals surface area (Å²) in [5.41, 5.74) is -0.764. The Kier molecular flexibility index (Phi) is 9.13. The van der Waals surface area contributed by atoms with Crippen molar-refractivity contribution in [1.82, 2.24) is 10.6 Å². The first-order chi connectivity index (χ1) is 18.8. The van der Waals surface area contributed by atoms with Crippen molar-refractivity contribution in [3.8, 4) is 0 Å². The third kappa shape index (κ3) is 6.14. The summed E-state index contributed by atoms with van der Waals surface area (Å²) in [6.45, 7) is 11.1. The Morgan fingerprint density at radius 3 is 2.40 bits per heavy atom. The molecule has 4 saturated heterocycles. The molecular weight excluding hydrogens is 524 g/mol. The molecule has 1 aliphatic carbocycles. The molecule has 7 unspecified atom stereocenters. The summed E-state index contributed by atoms with van der Waals surface area (Å²) >= 11 is 0. The molecule has 2 amide bonds. The van der Waals surface area contributed by atoms with Gasteiger partial charge in [-0.05, 0) is 57.3 Å². The molecule has 4 heterocycles. The van der Waals surface area contributed by atoms with Gasteiger partial charge < -0.3 is 30.0 Å². The van der Waals surface area contributed by atoms with E-state index in [0.29, 0.717) is 18.8 Å². The topological polar surface area (TPSA) is 159 Å². The van der Waals surface area contributed by atoms with E-state index in [2.05, 4.69) is 17.6 Å². The van der Waals surface area contributed by atoms with Crippen LogP contribution in [0.25, 0.3) is 0 Å². The fraction of sp³-hybridized carbons (Fsp3) is 0.857. The number of hydrogen-bond acceptors (Lipinski definition) is 9. The van der Waals surface area contributed by atoms with Gasteiger partial charge in [0, 0.05) is 24.7 Å². The van der Waals surface area contributed by atoms with E-state index in [0.717, 1.165) is 19.3 Å². The number of hydrogen-bond donors (Lipinski definition) is 3. The van der Waals surface area contributed by atoms with Crippen molar-refractivity contribution in [3.63, 3.8) is 0 Å². The number of esters is 1. The molecule has 40 heavy (non-hydrogen) atoms. The highest BCUT2D eigenvalue weighted by atomic mass is 17.3. The number of aliphatic carboxylic acids is 1. The van der Waals surface area contributed by atoms with Crippen LogP contribution in [0.1, 0.15) is 86.5 Å². The molecule has 0 aromatic rings. The molecule has 3 N–H and O–H groups in total. The minimum Gasteiger partial charge on any atom is -0.480 e. The molecule has 4 aliphatic heterocycles. The minimum atomic E-state index is -1.18. The molecule has 5 rings (SSSR count). The number of carbonyl (C=O) groups is 4. The zero-order valence-electron chi connectivity index (χ0n) is 24.3. The van der Waals surface area contributed by atoms with Crippen LogP contribution in [0.5, 0.6) is 0 Å². The third-order valence-corrected chi connectivity index (χ3v) is 8.99. The van der Waals surface area contributed by atoms with Crippen LogP contribution in [-0.4, -0.2) is 64.9 Å². The second-order valence-electron chi connectivity index (χ2n) is 12.6. The number of nitrogens with one attached hydrogen (secondary N) is 2. The number of ether oxygens (including phenoxy) is 3. The lowest BCUT2D eigenvalue weighted by Crippen LogP contribution is -2.70. The lowest BCUT2D eigenvalue weighted by molar-refractivity contribution is -0.576. The highest BCUT2D eigenvalue weighted by molar-refractivity contribution is 5.91. The molecule has 0 aromatic heterocycles. The molecule has 0 aromatic carbocycles. The molecule has 5 aliphatic rings. The first-order valence-electron chi connectivity index (χ1n) is 14.5. The molecule has 10 atom stereocenters. The van der Waals surface area contributed by atoms with Crippen LogP contribution in [0.15, 0.2) is 0 Å². The van der Waals surface area contributed by atoms with Gasteiger partial charge in [-0.2, -0.15) is 0 Å². The number of amides is 2. The van der Waals surface area contributed by atoms with Gasteiger partial charge in [-0.3, -0.25) is 19.2 Å². The first-order valence-corrected chi connectivity index (χ1v) is 14.5. The molecule has 226 valence electrons. The van der Waals surface area contributed by atoms with E-state index in [4.69, 9.17) is 29.1 Å². The SMILES string of the molecule is CC(C)CC(NC(=O)CCC(=O)OC1O[C@H]2OC3(C)CC[C@H]4[C@H](C)CCC(C1C)C24OO3)C(=O)NC(C)C(=O)O. The van der Waals surface area contributed by atoms with Crippen molar-refractivity contribution >= 4 is 23.8 Å². The third-order valence-electron chi connectivity index (χ3n) is 8.99. The lowest BCUT2D eigenvalue weighted by Gasteiger charge is -2.59. The summed E-state index contributed by atoms with van der Waals surface area (Å²) in [4.78, 5) is 61.0. The van der Waals surface area contributed by atoms with Crippen LogP contribution in [0.4, 0.5) is 0 Å². The van der Waals surface area contributed by atoms with E-state index < -0.39 is 59.8 Å². The van der Waals surface area contributed by atoms with Crippen LogP contribution >= 0.6 is 0 Å². The van der Waals surface area contributed by atoms with E-state index in [9.17, 15) is 19.2 Å². The molecule has 0 radical (unpaired) electrons. The zero-order valence-corrected chi connectivity index (χ0v) is 24.3. The van der Waals surface area contributed by atoms with E-state index >= 15 is 0 Å². The second kappa shape index (κ2) is 11.9. The average Bonchev–Trinajstić information content (AvgIpc) is 3.10. The maximum Gasteiger partial charge on any atom is 0.325 e. The van der Waals surface area contributed by atoms with Crippen LogP contribution in [-0.2, 0) is 43.2 Å². The summed E-state index contributed by atoms with van der Waals surface area (Å²) in [5, 5.41) is 14.1. The molecule has 1 saturated carbocycles. The van der Waals surface area contributed by atoms with Gasteiger partial charge in [-0.25, -0.2) is 9.78 Å². The zero-order chi connectivity index (χ0) is 29.4. The average molecular weight is 569 g/mol. The summed E-state index contributed by atoms with van der Waals surface area (Å²) in [6, 6.07) is -2.02. The molecule has 5 fully saturated rings. The minimum absolute atomic E-state index is 0.000281. The van der Waals surface area contributed by atoms with E-state index in [1.54, 1.807) is 0 Å². The van der Waals surface area contributed by atoms with Gasteiger partial charge in [-0.15, -0.1) is 0 Å². The van der Waals surface area contributed by atoms with Crippen molar-refractivity contribution in [1.29, 1.82) is 0 Å². The van der Waals surface area contributed by atoms with E-state index in [-0.39, 0.29) is 36.5 Å². The Hall–Kier alpha value is -2.28. The number of carboxylic acids is 1. The van der Waals surface area contributed by atoms with Crippen LogP contribution in [0.3, 0.4) is 0 Å². The van der Waals surface area contributed by atoms with Crippen LogP contribution < -0.4 is 10.6 Å². The number of carbonyl (C=O) groups excluding carboxylic acids is 3. The first kappa shape index (κ1) is 30.7. The van der Waals surface area contributed by atoms with Crippen LogP contribution in [0, 0.1) is 29.6 Å². The van der Waals surface area contributed by atoms with Gasteiger partial charge in [-0.1, -0.05) is 27.7 Å². The predicted octanol–water partition coefficient (Wildman–Crippen LogP) is 2.64. The Balaban J connectivity index is 1.35. The second-order valence-corrected chi connectivity index (χ2v) is 12.6. The molecule has 1 spiro atoms. The van der Waals surface area contributed by atoms with Gasteiger partial charge >= 0.3 is 11.9 Å². The van der Waals surface area contributed by atoms with Crippen molar-refractivity contribution in [2.24, 2.45) is 29.6 Å². The van der Waals surface area contributed by atoms with Gasteiger partial charge in [0.1, 0.15) is 12.1 Å². The number of fused-ring (bicyclic) bond motifs is 2. The Morgan fingerprint density at radius 1 is 1.00 bits per heavy atom. The Labute approximate surface area is 235 Å². The number of carboxylic acid groups (broad SMARTS) is 1. The van der Waals surface area contributed by atoms with Crippen molar-refractivity contribution in [2.45, 2.75) is 123 Å². The van der Waals surface area contributed by atoms with Crippen molar-refractivity contribution in [2.75, 3.05) is 0 Å². The Bertz CT molecular complexity index is 990. The fourth-order valence-electron chi connectivity index (χ4n) is 6.76. The van der Waals surface area contributed by atoms with Crippen molar-refractivity contribution < 1.29 is 48.3 Å². The molecule has 12 heteroatoms. The predicted molar refractivity (Wildman–Crippen MR) is 139 cm³/mol. The fourth-order valence-corrected chi connectivity index (χ4v) is 6.76. The van der Waals surface area contributed by atoms with Gasteiger partial charge in [0.2, 0.25) is 23.9 Å². The maximum absolute atomic E-state index is 12.8. The van der Waals surface area contributed by atoms with Gasteiger partial charge in [0.05, 0.1) is 6.42 Å². The molecule has 2 bridgehead atoms. The smallest absolute Gasteiger partial charge is 0.325 e. The Morgan fingerprint density at radius 2 is 1.73 bits per heavy atom. The monoisotopic (exact) mass is 568 g/mol. The highest BCUT2D eigenvalue weighted by Crippen LogP contribution is 2.60. The lowest BCUT2D eigenvalue weighted by atomic mass is 9.58. The summed E-state index contributed by atoms with van der Waals surface area (Å²) < 4.78 is 18.3. The van der Waals surface area contributed by atoms with E-state index in [1.807, 2.05) is 27.7 Å². The molecular formula is C28H44N2O10. The maximum atomic E-state index is 12.8. The largest absolute Gasteiger partial charge is 0.480 e. The van der Waals surface area contributed by atoms with Gasteiger partial charge in [0.15, 0.2) is 11.9 Å². The highest BCUT2D eigenvalue weighted by Gasteiger charge is 2.69. The standard InChI is InChI=1S/C28H44N2O10/c1-14(2)13-20(23(33)29-17(5)24(34)35)30-21(31)9-10-22(32)36-25-16(4)19-8-7-15(3)18-11-12-27(6)38-26(37-25)28(18,19)40-39-27/h14-20,25-26H,7-13H2,1-6H3,(H,29,33)(H,30,31)(H,34,35)/t15-,16?,17?,18+,19?,20?,25?,26+,27?,28?/m1/s1. The van der Waals surface area contributed by atoms with Crippen LogP contribution in [0.2, 0.25) is 0 Å². The summed E-state index contributed by atoms with van der Waals surface area (Å²) in [6.07, 6.45) is 1.75.